The first-order chi connectivity index (χ1) is 9.63. The highest BCUT2D eigenvalue weighted by molar-refractivity contribution is 5.76. The van der Waals surface area contributed by atoms with Crippen LogP contribution in [0.4, 0.5) is 0 Å². The Morgan fingerprint density at radius 1 is 1.10 bits per heavy atom. The van der Waals surface area contributed by atoms with Crippen LogP contribution in [0.3, 0.4) is 0 Å². The second kappa shape index (κ2) is 7.99. The molecule has 1 amide bonds. The molecule has 2 fully saturated rings. The van der Waals surface area contributed by atoms with Crippen molar-refractivity contribution in [1.29, 1.82) is 0 Å². The van der Waals surface area contributed by atoms with Crippen LogP contribution in [0.25, 0.3) is 0 Å². The number of hydrogen-bond donors (Lipinski definition) is 1. The summed E-state index contributed by atoms with van der Waals surface area (Å²) in [4.78, 5) is 16.7. The van der Waals surface area contributed by atoms with Gasteiger partial charge in [0.2, 0.25) is 5.91 Å². The average Bonchev–Trinajstić information content (AvgIpc) is 2.90. The maximum Gasteiger partial charge on any atom is 0.221 e. The topological polar surface area (TPSA) is 35.6 Å². The number of hydrogen-bond acceptors (Lipinski definition) is 3. The Bertz CT molecular complexity index is 292. The smallest absolute Gasteiger partial charge is 0.221 e. The van der Waals surface area contributed by atoms with Crippen molar-refractivity contribution in [2.24, 2.45) is 5.92 Å². The number of likely N-dealkylation sites (tertiary alicyclic amines) is 2. The molecule has 0 saturated carbocycles. The normalized spacial score (nSPS) is 22.6. The van der Waals surface area contributed by atoms with Gasteiger partial charge in [-0.05, 0) is 71.6 Å². The zero-order chi connectivity index (χ0) is 14.4. The van der Waals surface area contributed by atoms with Crippen molar-refractivity contribution in [1.82, 2.24) is 15.1 Å². The molecule has 2 heterocycles. The number of piperidine rings is 1. The maximum absolute atomic E-state index is 11.6. The number of carbonyl (C=O) groups is 1. The Balaban J connectivity index is 1.58. The van der Waals surface area contributed by atoms with E-state index in [1.165, 1.54) is 58.4 Å². The summed E-state index contributed by atoms with van der Waals surface area (Å²) >= 11 is 0. The zero-order valence-corrected chi connectivity index (χ0v) is 13.2. The van der Waals surface area contributed by atoms with Crippen LogP contribution in [0.15, 0.2) is 0 Å². The van der Waals surface area contributed by atoms with E-state index in [2.05, 4.69) is 15.1 Å². The summed E-state index contributed by atoms with van der Waals surface area (Å²) in [7, 11) is 0. The largest absolute Gasteiger partial charge is 0.354 e. The van der Waals surface area contributed by atoms with Gasteiger partial charge in [0.1, 0.15) is 0 Å². The first-order valence-electron chi connectivity index (χ1n) is 8.37. The SMILES string of the molecule is CC(C)NC(=O)CCN1CCC(CN2CCCC2)CC1. The van der Waals surface area contributed by atoms with E-state index >= 15 is 0 Å². The minimum absolute atomic E-state index is 0.194. The van der Waals surface area contributed by atoms with Crippen LogP contribution in [0.1, 0.15) is 46.0 Å². The van der Waals surface area contributed by atoms with E-state index in [4.69, 9.17) is 0 Å². The molecule has 0 aromatic rings. The Morgan fingerprint density at radius 2 is 1.75 bits per heavy atom. The third kappa shape index (κ3) is 5.41. The number of carbonyl (C=O) groups excluding carboxylic acids is 1. The summed E-state index contributed by atoms with van der Waals surface area (Å²) in [5.41, 5.74) is 0. The van der Waals surface area contributed by atoms with Gasteiger partial charge in [0, 0.05) is 25.6 Å². The molecule has 116 valence electrons. The summed E-state index contributed by atoms with van der Waals surface area (Å²) in [5.74, 6) is 1.08. The maximum atomic E-state index is 11.6. The van der Waals surface area contributed by atoms with Gasteiger partial charge >= 0.3 is 0 Å². The van der Waals surface area contributed by atoms with Crippen LogP contribution in [-0.2, 0) is 4.79 Å². The van der Waals surface area contributed by atoms with E-state index in [1.807, 2.05) is 13.8 Å². The quantitative estimate of drug-likeness (QED) is 0.805. The standard InChI is InChI=1S/C16H31N3O/c1-14(2)17-16(20)7-12-18-10-5-15(6-11-18)13-19-8-3-4-9-19/h14-15H,3-13H2,1-2H3,(H,17,20). The molecule has 0 aromatic carbocycles. The molecule has 0 aliphatic carbocycles. The molecule has 20 heavy (non-hydrogen) atoms. The fourth-order valence-corrected chi connectivity index (χ4v) is 3.38. The Hall–Kier alpha value is -0.610. The van der Waals surface area contributed by atoms with Crippen molar-refractivity contribution in [3.05, 3.63) is 0 Å². The average molecular weight is 281 g/mol. The molecule has 2 aliphatic rings. The van der Waals surface area contributed by atoms with Gasteiger partial charge < -0.3 is 15.1 Å². The van der Waals surface area contributed by atoms with E-state index < -0.39 is 0 Å². The van der Waals surface area contributed by atoms with Crippen molar-refractivity contribution in [2.45, 2.75) is 52.0 Å². The Labute approximate surface area is 123 Å². The van der Waals surface area contributed by atoms with Gasteiger partial charge in [-0.25, -0.2) is 0 Å². The predicted molar refractivity (Wildman–Crippen MR) is 82.7 cm³/mol. The molecule has 4 heteroatoms. The molecule has 2 saturated heterocycles. The lowest BCUT2D eigenvalue weighted by Gasteiger charge is -2.33. The van der Waals surface area contributed by atoms with E-state index in [0.717, 1.165) is 12.5 Å². The highest BCUT2D eigenvalue weighted by Gasteiger charge is 2.22. The number of rotatable bonds is 6. The summed E-state index contributed by atoms with van der Waals surface area (Å²) in [6, 6.07) is 0.258. The number of nitrogens with zero attached hydrogens (tertiary/aromatic N) is 2. The van der Waals surface area contributed by atoms with Gasteiger partial charge in [0.05, 0.1) is 0 Å². The molecule has 0 radical (unpaired) electrons. The third-order valence-corrected chi connectivity index (χ3v) is 4.53. The van der Waals surface area contributed by atoms with Crippen LogP contribution in [0.2, 0.25) is 0 Å². The minimum Gasteiger partial charge on any atom is -0.354 e. The van der Waals surface area contributed by atoms with E-state index in [0.29, 0.717) is 6.42 Å². The molecular formula is C16H31N3O. The first-order valence-corrected chi connectivity index (χ1v) is 8.37. The monoisotopic (exact) mass is 281 g/mol. The minimum atomic E-state index is 0.194. The zero-order valence-electron chi connectivity index (χ0n) is 13.2. The second-order valence-corrected chi connectivity index (χ2v) is 6.76. The van der Waals surface area contributed by atoms with Gasteiger partial charge in [-0.1, -0.05) is 0 Å². The predicted octanol–water partition coefficient (Wildman–Crippen LogP) is 1.71. The van der Waals surface area contributed by atoms with Crippen molar-refractivity contribution in [2.75, 3.05) is 39.3 Å². The molecule has 0 spiro atoms. The molecule has 4 nitrogen and oxygen atoms in total. The van der Waals surface area contributed by atoms with Crippen LogP contribution >= 0.6 is 0 Å². The van der Waals surface area contributed by atoms with Crippen LogP contribution in [0, 0.1) is 5.92 Å². The molecule has 0 unspecified atom stereocenters. The molecular weight excluding hydrogens is 250 g/mol. The molecule has 2 rings (SSSR count). The van der Waals surface area contributed by atoms with Crippen molar-refractivity contribution >= 4 is 5.91 Å². The molecule has 0 bridgehead atoms. The van der Waals surface area contributed by atoms with E-state index in [-0.39, 0.29) is 11.9 Å². The molecule has 0 aromatic heterocycles. The summed E-state index contributed by atoms with van der Waals surface area (Å²) in [5, 5.41) is 2.97. The summed E-state index contributed by atoms with van der Waals surface area (Å²) in [6.07, 6.45) is 6.05. The summed E-state index contributed by atoms with van der Waals surface area (Å²) in [6.45, 7) is 11.2. The van der Waals surface area contributed by atoms with E-state index in [9.17, 15) is 4.79 Å². The van der Waals surface area contributed by atoms with Crippen LogP contribution in [-0.4, -0.2) is 61.0 Å². The highest BCUT2D eigenvalue weighted by Crippen LogP contribution is 2.20. The van der Waals surface area contributed by atoms with Gasteiger partial charge in [0.25, 0.3) is 0 Å². The molecule has 2 aliphatic heterocycles. The first kappa shape index (κ1) is 15.8. The van der Waals surface area contributed by atoms with Crippen molar-refractivity contribution in [3.8, 4) is 0 Å². The lowest BCUT2D eigenvalue weighted by Crippen LogP contribution is -2.40. The van der Waals surface area contributed by atoms with Gasteiger partial charge in [-0.2, -0.15) is 0 Å². The third-order valence-electron chi connectivity index (χ3n) is 4.53. The second-order valence-electron chi connectivity index (χ2n) is 6.76. The number of nitrogens with one attached hydrogen (secondary N) is 1. The number of amides is 1. The lowest BCUT2D eigenvalue weighted by molar-refractivity contribution is -0.122. The molecule has 0 atom stereocenters. The fourth-order valence-electron chi connectivity index (χ4n) is 3.38. The van der Waals surface area contributed by atoms with Crippen molar-refractivity contribution < 1.29 is 4.79 Å². The molecule has 1 N–H and O–H groups in total. The fraction of sp³-hybridized carbons (Fsp3) is 0.938. The Kier molecular flexibility index (Phi) is 6.30. The highest BCUT2D eigenvalue weighted by atomic mass is 16.1. The van der Waals surface area contributed by atoms with Gasteiger partial charge in [-0.15, -0.1) is 0 Å². The van der Waals surface area contributed by atoms with Gasteiger partial charge in [0.15, 0.2) is 0 Å². The van der Waals surface area contributed by atoms with E-state index in [1.54, 1.807) is 0 Å². The van der Waals surface area contributed by atoms with Crippen LogP contribution < -0.4 is 5.32 Å². The Morgan fingerprint density at radius 3 is 2.35 bits per heavy atom. The van der Waals surface area contributed by atoms with Crippen molar-refractivity contribution in [3.63, 3.8) is 0 Å². The van der Waals surface area contributed by atoms with Gasteiger partial charge in [-0.3, -0.25) is 4.79 Å². The lowest BCUT2D eigenvalue weighted by atomic mass is 9.96. The van der Waals surface area contributed by atoms with Crippen LogP contribution in [0.5, 0.6) is 0 Å². The summed E-state index contributed by atoms with van der Waals surface area (Å²) < 4.78 is 0.